The molecule has 2 atom stereocenters. The molecule has 0 aliphatic carbocycles. The van der Waals surface area contributed by atoms with E-state index in [4.69, 9.17) is 11.6 Å². The average Bonchev–Trinajstić information content (AvgIpc) is 3.14. The van der Waals surface area contributed by atoms with Crippen molar-refractivity contribution < 1.29 is 0 Å². The van der Waals surface area contributed by atoms with Crippen LogP contribution < -0.4 is 15.5 Å². The molecule has 0 aromatic carbocycles. The zero-order valence-corrected chi connectivity index (χ0v) is 17.5. The summed E-state index contributed by atoms with van der Waals surface area (Å²) in [6.45, 7) is 9.82. The molecule has 2 aliphatic heterocycles. The van der Waals surface area contributed by atoms with E-state index >= 15 is 0 Å². The molecule has 2 unspecified atom stereocenters. The Balaban J connectivity index is 1.45. The number of pyridine rings is 1. The van der Waals surface area contributed by atoms with Crippen LogP contribution in [0.25, 0.3) is 0 Å². The Labute approximate surface area is 168 Å². The van der Waals surface area contributed by atoms with Crippen LogP contribution in [0.3, 0.4) is 0 Å². The standard InChI is InChI=1S/C20H33ClN6/c1-15-6-10-26(11-7-15)16(2)13-24-20(22-3)25-17-8-12-27(14-17)19-18(21)5-4-9-23-19/h4-5,9,15-17H,6-8,10-14H2,1-3H3,(H2,22,24,25). The zero-order valence-electron chi connectivity index (χ0n) is 16.8. The molecule has 2 aliphatic rings. The summed E-state index contributed by atoms with van der Waals surface area (Å²) in [5, 5.41) is 7.78. The number of hydrogen-bond acceptors (Lipinski definition) is 4. The number of aromatic nitrogens is 1. The number of likely N-dealkylation sites (tertiary alicyclic amines) is 1. The van der Waals surface area contributed by atoms with E-state index in [1.54, 1.807) is 6.20 Å². The first-order chi connectivity index (χ1) is 13.1. The third kappa shape index (κ3) is 5.48. The Morgan fingerprint density at radius 1 is 1.33 bits per heavy atom. The lowest BCUT2D eigenvalue weighted by Gasteiger charge is -2.35. The molecule has 27 heavy (non-hydrogen) atoms. The number of halogens is 1. The van der Waals surface area contributed by atoms with E-state index in [0.717, 1.165) is 43.8 Å². The summed E-state index contributed by atoms with van der Waals surface area (Å²) < 4.78 is 0. The minimum Gasteiger partial charge on any atom is -0.355 e. The van der Waals surface area contributed by atoms with Gasteiger partial charge in [-0.05, 0) is 57.3 Å². The van der Waals surface area contributed by atoms with Gasteiger partial charge in [-0.2, -0.15) is 0 Å². The van der Waals surface area contributed by atoms with Crippen LogP contribution in [0.4, 0.5) is 5.82 Å². The fourth-order valence-corrected chi connectivity index (χ4v) is 4.15. The van der Waals surface area contributed by atoms with Crippen molar-refractivity contribution in [1.82, 2.24) is 20.5 Å². The fraction of sp³-hybridized carbons (Fsp3) is 0.700. The number of anilines is 1. The topological polar surface area (TPSA) is 55.8 Å². The smallest absolute Gasteiger partial charge is 0.191 e. The SMILES string of the molecule is CN=C(NCC(C)N1CCC(C)CC1)NC1CCN(c2ncccc2Cl)C1. The minimum atomic E-state index is 0.348. The number of aliphatic imine (C=N–C) groups is 1. The first kappa shape index (κ1) is 20.2. The molecule has 6 nitrogen and oxygen atoms in total. The third-order valence-corrected chi connectivity index (χ3v) is 6.09. The van der Waals surface area contributed by atoms with E-state index in [2.05, 4.69) is 44.3 Å². The van der Waals surface area contributed by atoms with E-state index in [0.29, 0.717) is 17.1 Å². The molecule has 3 rings (SSSR count). The molecule has 2 N–H and O–H groups in total. The number of rotatable bonds is 5. The highest BCUT2D eigenvalue weighted by molar-refractivity contribution is 6.32. The average molecular weight is 393 g/mol. The maximum absolute atomic E-state index is 6.29. The maximum atomic E-state index is 6.29. The summed E-state index contributed by atoms with van der Waals surface area (Å²) in [6, 6.07) is 4.63. The second-order valence-electron chi connectivity index (χ2n) is 7.91. The van der Waals surface area contributed by atoms with Gasteiger partial charge in [0.15, 0.2) is 5.96 Å². The lowest BCUT2D eigenvalue weighted by atomic mass is 9.98. The number of nitrogens with zero attached hydrogens (tertiary/aromatic N) is 4. The summed E-state index contributed by atoms with van der Waals surface area (Å²) in [4.78, 5) is 13.7. The maximum Gasteiger partial charge on any atom is 0.191 e. The molecule has 150 valence electrons. The third-order valence-electron chi connectivity index (χ3n) is 5.80. The quantitative estimate of drug-likeness (QED) is 0.596. The second kappa shape index (κ2) is 9.60. The van der Waals surface area contributed by atoms with Gasteiger partial charge < -0.3 is 15.5 Å². The lowest BCUT2D eigenvalue weighted by molar-refractivity contribution is 0.147. The normalized spacial score (nSPS) is 23.5. The molecule has 2 fully saturated rings. The van der Waals surface area contributed by atoms with Gasteiger partial charge in [0.25, 0.3) is 0 Å². The van der Waals surface area contributed by atoms with E-state index in [9.17, 15) is 0 Å². The molecule has 0 spiro atoms. The first-order valence-electron chi connectivity index (χ1n) is 10.1. The Hall–Kier alpha value is -1.53. The van der Waals surface area contributed by atoms with Gasteiger partial charge in [0.05, 0.1) is 5.02 Å². The highest BCUT2D eigenvalue weighted by atomic mass is 35.5. The summed E-state index contributed by atoms with van der Waals surface area (Å²) in [5.41, 5.74) is 0. The van der Waals surface area contributed by atoms with E-state index < -0.39 is 0 Å². The van der Waals surface area contributed by atoms with Crippen molar-refractivity contribution in [3.63, 3.8) is 0 Å². The van der Waals surface area contributed by atoms with Gasteiger partial charge in [0.2, 0.25) is 0 Å². The summed E-state index contributed by atoms with van der Waals surface area (Å²) >= 11 is 6.29. The molecular formula is C20H33ClN6. The van der Waals surface area contributed by atoms with Gasteiger partial charge in [-0.3, -0.25) is 9.89 Å². The molecule has 1 aromatic rings. The van der Waals surface area contributed by atoms with E-state index in [-0.39, 0.29) is 0 Å². The Kier molecular flexibility index (Phi) is 7.19. The van der Waals surface area contributed by atoms with Crippen molar-refractivity contribution >= 4 is 23.4 Å². The summed E-state index contributed by atoms with van der Waals surface area (Å²) in [7, 11) is 1.84. The van der Waals surface area contributed by atoms with Crippen LogP contribution in [0.5, 0.6) is 0 Å². The van der Waals surface area contributed by atoms with Crippen LogP contribution in [0, 0.1) is 5.92 Å². The predicted octanol–water partition coefficient (Wildman–Crippen LogP) is 2.60. The van der Waals surface area contributed by atoms with Gasteiger partial charge in [0.1, 0.15) is 5.82 Å². The van der Waals surface area contributed by atoms with Gasteiger partial charge in [-0.25, -0.2) is 4.98 Å². The van der Waals surface area contributed by atoms with Crippen molar-refractivity contribution in [3.8, 4) is 0 Å². The Bertz CT molecular complexity index is 629. The zero-order chi connectivity index (χ0) is 19.2. The lowest BCUT2D eigenvalue weighted by Crippen LogP contribution is -2.50. The molecule has 7 heteroatoms. The van der Waals surface area contributed by atoms with Gasteiger partial charge in [0, 0.05) is 45.0 Å². The molecular weight excluding hydrogens is 360 g/mol. The van der Waals surface area contributed by atoms with Crippen LogP contribution in [0.15, 0.2) is 23.3 Å². The fourth-order valence-electron chi connectivity index (χ4n) is 3.91. The van der Waals surface area contributed by atoms with Crippen LogP contribution in [-0.4, -0.2) is 67.7 Å². The minimum absolute atomic E-state index is 0.348. The molecule has 3 heterocycles. The summed E-state index contributed by atoms with van der Waals surface area (Å²) in [5.74, 6) is 2.62. The highest BCUT2D eigenvalue weighted by Gasteiger charge is 2.26. The molecule has 2 saturated heterocycles. The van der Waals surface area contributed by atoms with Crippen molar-refractivity contribution in [2.45, 2.75) is 45.2 Å². The Morgan fingerprint density at radius 2 is 2.11 bits per heavy atom. The summed E-state index contributed by atoms with van der Waals surface area (Å²) in [6.07, 6.45) is 5.47. The first-order valence-corrected chi connectivity index (χ1v) is 10.5. The van der Waals surface area contributed by atoms with Gasteiger partial charge >= 0.3 is 0 Å². The molecule has 0 radical (unpaired) electrons. The molecule has 0 bridgehead atoms. The molecule has 0 saturated carbocycles. The molecule has 0 amide bonds. The highest BCUT2D eigenvalue weighted by Crippen LogP contribution is 2.25. The predicted molar refractivity (Wildman–Crippen MR) is 114 cm³/mol. The number of guanidine groups is 1. The van der Waals surface area contributed by atoms with Crippen molar-refractivity contribution in [3.05, 3.63) is 23.4 Å². The van der Waals surface area contributed by atoms with E-state index in [1.165, 1.54) is 25.9 Å². The largest absolute Gasteiger partial charge is 0.355 e. The van der Waals surface area contributed by atoms with Crippen molar-refractivity contribution in [2.75, 3.05) is 44.7 Å². The monoisotopic (exact) mass is 392 g/mol. The van der Waals surface area contributed by atoms with Crippen molar-refractivity contribution in [2.24, 2.45) is 10.9 Å². The van der Waals surface area contributed by atoms with Crippen LogP contribution >= 0.6 is 11.6 Å². The Morgan fingerprint density at radius 3 is 2.81 bits per heavy atom. The number of hydrogen-bond donors (Lipinski definition) is 2. The van der Waals surface area contributed by atoms with Crippen molar-refractivity contribution in [1.29, 1.82) is 0 Å². The van der Waals surface area contributed by atoms with Gasteiger partial charge in [-0.15, -0.1) is 0 Å². The van der Waals surface area contributed by atoms with Crippen LogP contribution in [0.1, 0.15) is 33.1 Å². The number of piperidine rings is 1. The van der Waals surface area contributed by atoms with Crippen LogP contribution in [-0.2, 0) is 0 Å². The van der Waals surface area contributed by atoms with E-state index in [1.807, 2.05) is 19.2 Å². The molecule has 1 aromatic heterocycles. The number of nitrogens with one attached hydrogen (secondary N) is 2. The second-order valence-corrected chi connectivity index (χ2v) is 8.31. The van der Waals surface area contributed by atoms with Crippen LogP contribution in [0.2, 0.25) is 5.02 Å². The van der Waals surface area contributed by atoms with Gasteiger partial charge in [-0.1, -0.05) is 18.5 Å².